The van der Waals surface area contributed by atoms with Crippen molar-refractivity contribution >= 4 is 0 Å². The number of alkyl halides is 3. The smallest absolute Gasteiger partial charge is 0.172 e. The Hall–Kier alpha value is -1.83. The lowest BCUT2D eigenvalue weighted by Crippen LogP contribution is -2.11. The van der Waals surface area contributed by atoms with E-state index in [1.165, 1.54) is 18.1 Å². The summed E-state index contributed by atoms with van der Waals surface area (Å²) in [6, 6.07) is 7.59. The standard InChI is InChI=1S/C11H5F5/c12-10(13)9(11(14,15)16)7-6-8-4-2-1-3-5-8/h1-5H. The lowest BCUT2D eigenvalue weighted by Gasteiger charge is -2.02. The second kappa shape index (κ2) is 4.79. The zero-order valence-corrected chi connectivity index (χ0v) is 7.78. The van der Waals surface area contributed by atoms with Crippen LogP contribution in [0.25, 0.3) is 0 Å². The Labute approximate surface area is 88.4 Å². The van der Waals surface area contributed by atoms with Crippen LogP contribution in [0.1, 0.15) is 5.56 Å². The van der Waals surface area contributed by atoms with E-state index in [0.29, 0.717) is 0 Å². The fourth-order valence-electron chi connectivity index (χ4n) is 0.881. The first-order chi connectivity index (χ1) is 7.41. The summed E-state index contributed by atoms with van der Waals surface area (Å²) in [7, 11) is 0. The molecule has 0 saturated heterocycles. The number of halogens is 5. The van der Waals surface area contributed by atoms with E-state index >= 15 is 0 Å². The van der Waals surface area contributed by atoms with E-state index in [2.05, 4.69) is 0 Å². The predicted octanol–water partition coefficient (Wildman–Crippen LogP) is 3.75. The molecule has 0 N–H and O–H groups in total. The van der Waals surface area contributed by atoms with Crippen LogP contribution in [-0.2, 0) is 0 Å². The molecule has 0 aliphatic rings. The highest BCUT2D eigenvalue weighted by Crippen LogP contribution is 2.28. The Morgan fingerprint density at radius 2 is 1.56 bits per heavy atom. The molecular weight excluding hydrogens is 227 g/mol. The van der Waals surface area contributed by atoms with Crippen molar-refractivity contribution in [1.82, 2.24) is 0 Å². The SMILES string of the molecule is FC(F)=C(C#Cc1ccccc1)C(F)(F)F. The summed E-state index contributed by atoms with van der Waals surface area (Å²) in [6.07, 6.45) is -7.95. The largest absolute Gasteiger partial charge is 0.429 e. The van der Waals surface area contributed by atoms with E-state index in [1.54, 1.807) is 18.2 Å². The van der Waals surface area contributed by atoms with E-state index in [1.807, 2.05) is 5.92 Å². The Balaban J connectivity index is 3.05. The van der Waals surface area contributed by atoms with Gasteiger partial charge in [0.05, 0.1) is 0 Å². The minimum atomic E-state index is -5.12. The van der Waals surface area contributed by atoms with Crippen molar-refractivity contribution in [2.45, 2.75) is 6.18 Å². The molecule has 0 nitrogen and oxygen atoms in total. The highest BCUT2D eigenvalue weighted by atomic mass is 19.4. The van der Waals surface area contributed by atoms with Crippen LogP contribution in [0, 0.1) is 11.8 Å². The molecular formula is C11H5F5. The maximum atomic E-state index is 12.0. The number of benzene rings is 1. The first-order valence-electron chi connectivity index (χ1n) is 4.11. The summed E-state index contributed by atoms with van der Waals surface area (Å²) in [5.74, 6) is 3.45. The fourth-order valence-corrected chi connectivity index (χ4v) is 0.881. The van der Waals surface area contributed by atoms with Crippen molar-refractivity contribution in [2.75, 3.05) is 0 Å². The minimum Gasteiger partial charge on any atom is -0.172 e. The zero-order valence-electron chi connectivity index (χ0n) is 7.78. The number of rotatable bonds is 0. The van der Waals surface area contributed by atoms with Crippen molar-refractivity contribution in [3.63, 3.8) is 0 Å². The normalized spacial score (nSPS) is 10.3. The molecule has 0 bridgehead atoms. The van der Waals surface area contributed by atoms with E-state index in [-0.39, 0.29) is 5.56 Å². The molecule has 1 aromatic carbocycles. The summed E-state index contributed by atoms with van der Waals surface area (Å²) in [6.45, 7) is 0. The summed E-state index contributed by atoms with van der Waals surface area (Å²) in [5.41, 5.74) is -1.86. The third-order valence-corrected chi connectivity index (χ3v) is 1.58. The van der Waals surface area contributed by atoms with Gasteiger partial charge in [-0.25, -0.2) is 0 Å². The molecule has 0 aromatic heterocycles. The van der Waals surface area contributed by atoms with Gasteiger partial charge in [0.2, 0.25) is 0 Å². The van der Waals surface area contributed by atoms with Crippen LogP contribution in [0.4, 0.5) is 22.0 Å². The molecule has 0 heterocycles. The van der Waals surface area contributed by atoms with Crippen LogP contribution in [0.15, 0.2) is 42.0 Å². The van der Waals surface area contributed by atoms with Crippen LogP contribution < -0.4 is 0 Å². The van der Waals surface area contributed by atoms with Gasteiger partial charge in [-0.05, 0) is 12.1 Å². The summed E-state index contributed by atoms with van der Waals surface area (Å²) in [5, 5.41) is 0. The van der Waals surface area contributed by atoms with Gasteiger partial charge in [-0.1, -0.05) is 30.0 Å². The molecule has 0 aliphatic heterocycles. The van der Waals surface area contributed by atoms with Crippen LogP contribution in [0.3, 0.4) is 0 Å². The number of hydrogen-bond acceptors (Lipinski definition) is 0. The molecule has 0 aliphatic carbocycles. The highest BCUT2D eigenvalue weighted by molar-refractivity contribution is 5.42. The first kappa shape index (κ1) is 12.2. The average molecular weight is 232 g/mol. The van der Waals surface area contributed by atoms with Crippen LogP contribution in [0.5, 0.6) is 0 Å². The summed E-state index contributed by atoms with van der Waals surface area (Å²) in [4.78, 5) is 0. The molecule has 5 heteroatoms. The maximum absolute atomic E-state index is 12.0. The minimum absolute atomic E-state index is 0.241. The molecule has 1 rings (SSSR count). The van der Waals surface area contributed by atoms with Gasteiger partial charge in [0.1, 0.15) is 0 Å². The van der Waals surface area contributed by atoms with Gasteiger partial charge in [-0.2, -0.15) is 22.0 Å². The van der Waals surface area contributed by atoms with Crippen molar-refractivity contribution in [1.29, 1.82) is 0 Å². The average Bonchev–Trinajstić information content (AvgIpc) is 2.17. The number of allylic oxidation sites excluding steroid dienone is 1. The first-order valence-corrected chi connectivity index (χ1v) is 4.11. The molecule has 0 unspecified atom stereocenters. The second-order valence-electron chi connectivity index (χ2n) is 2.75. The van der Waals surface area contributed by atoms with Crippen LogP contribution >= 0.6 is 0 Å². The Kier molecular flexibility index (Phi) is 3.67. The van der Waals surface area contributed by atoms with Crippen molar-refractivity contribution < 1.29 is 22.0 Å². The topological polar surface area (TPSA) is 0 Å². The molecule has 1 aromatic rings. The Bertz CT molecular complexity index is 441. The number of hydrogen-bond donors (Lipinski definition) is 0. The lowest BCUT2D eigenvalue weighted by molar-refractivity contribution is -0.0904. The molecule has 0 radical (unpaired) electrons. The van der Waals surface area contributed by atoms with Gasteiger partial charge < -0.3 is 0 Å². The van der Waals surface area contributed by atoms with Crippen molar-refractivity contribution in [3.8, 4) is 11.8 Å². The predicted molar refractivity (Wildman–Crippen MR) is 48.6 cm³/mol. The Morgan fingerprint density at radius 1 is 1.00 bits per heavy atom. The van der Waals surface area contributed by atoms with Crippen molar-refractivity contribution in [3.05, 3.63) is 47.5 Å². The lowest BCUT2D eigenvalue weighted by atomic mass is 10.2. The monoisotopic (exact) mass is 232 g/mol. The van der Waals surface area contributed by atoms with Gasteiger partial charge in [-0.3, -0.25) is 0 Å². The molecule has 0 amide bonds. The van der Waals surface area contributed by atoms with Crippen LogP contribution in [0.2, 0.25) is 0 Å². The molecule has 0 atom stereocenters. The quantitative estimate of drug-likeness (QED) is 0.472. The van der Waals surface area contributed by atoms with Crippen molar-refractivity contribution in [2.24, 2.45) is 0 Å². The molecule has 0 fully saturated rings. The molecule has 0 saturated carbocycles. The van der Waals surface area contributed by atoms with Gasteiger partial charge >= 0.3 is 6.18 Å². The van der Waals surface area contributed by atoms with Gasteiger partial charge in [0, 0.05) is 5.56 Å². The summed E-state index contributed by atoms with van der Waals surface area (Å²) < 4.78 is 60.0. The maximum Gasteiger partial charge on any atom is 0.429 e. The van der Waals surface area contributed by atoms with Gasteiger partial charge in [-0.15, -0.1) is 0 Å². The molecule has 0 spiro atoms. The fraction of sp³-hybridized carbons (Fsp3) is 0.0909. The third kappa shape index (κ3) is 3.39. The second-order valence-corrected chi connectivity index (χ2v) is 2.75. The van der Waals surface area contributed by atoms with E-state index in [9.17, 15) is 22.0 Å². The summed E-state index contributed by atoms with van der Waals surface area (Å²) >= 11 is 0. The molecule has 16 heavy (non-hydrogen) atoms. The zero-order chi connectivity index (χ0) is 12.2. The van der Waals surface area contributed by atoms with E-state index in [0.717, 1.165) is 0 Å². The Morgan fingerprint density at radius 3 is 2.00 bits per heavy atom. The van der Waals surface area contributed by atoms with Gasteiger partial charge in [0.15, 0.2) is 5.57 Å². The van der Waals surface area contributed by atoms with Gasteiger partial charge in [0.25, 0.3) is 6.08 Å². The van der Waals surface area contributed by atoms with E-state index < -0.39 is 17.8 Å². The molecule has 84 valence electrons. The van der Waals surface area contributed by atoms with Crippen LogP contribution in [-0.4, -0.2) is 6.18 Å². The highest BCUT2D eigenvalue weighted by Gasteiger charge is 2.36. The third-order valence-electron chi connectivity index (χ3n) is 1.58. The van der Waals surface area contributed by atoms with E-state index in [4.69, 9.17) is 0 Å².